The highest BCUT2D eigenvalue weighted by Gasteiger charge is 2.04. The third-order valence-electron chi connectivity index (χ3n) is 2.68. The summed E-state index contributed by atoms with van der Waals surface area (Å²) in [7, 11) is 1.53. The Morgan fingerprint density at radius 2 is 2.05 bits per heavy atom. The molecule has 0 spiro atoms. The summed E-state index contributed by atoms with van der Waals surface area (Å²) in [6.45, 7) is 0.221. The Kier molecular flexibility index (Phi) is 5.09. The molecule has 1 amide bonds. The lowest BCUT2D eigenvalue weighted by Crippen LogP contribution is -2.28. The molecular formula is C15H15FN2O3. The van der Waals surface area contributed by atoms with E-state index in [0.717, 1.165) is 5.56 Å². The molecule has 21 heavy (non-hydrogen) atoms. The fourth-order valence-corrected chi connectivity index (χ4v) is 1.60. The van der Waals surface area contributed by atoms with Gasteiger partial charge in [-0.15, -0.1) is 0 Å². The van der Waals surface area contributed by atoms with E-state index >= 15 is 0 Å². The van der Waals surface area contributed by atoms with Crippen LogP contribution in [0.5, 0.6) is 11.6 Å². The normalized spacial score (nSPS) is 10.0. The van der Waals surface area contributed by atoms with Crippen LogP contribution in [0.25, 0.3) is 0 Å². The zero-order valence-corrected chi connectivity index (χ0v) is 11.5. The van der Waals surface area contributed by atoms with Crippen molar-refractivity contribution in [3.63, 3.8) is 0 Å². The smallest absolute Gasteiger partial charge is 0.258 e. The van der Waals surface area contributed by atoms with E-state index in [1.165, 1.54) is 31.4 Å². The standard InChI is InChI=1S/C15H15FN2O3/c1-20-15-8-11(6-7-17-15)9-18-14(19)10-21-13-4-2-12(16)3-5-13/h2-8H,9-10H2,1H3,(H,18,19). The van der Waals surface area contributed by atoms with Crippen LogP contribution in [0.4, 0.5) is 4.39 Å². The second-order valence-electron chi connectivity index (χ2n) is 4.23. The molecule has 0 fully saturated rings. The van der Waals surface area contributed by atoms with Gasteiger partial charge in [-0.2, -0.15) is 0 Å². The van der Waals surface area contributed by atoms with Crippen molar-refractivity contribution in [2.75, 3.05) is 13.7 Å². The Balaban J connectivity index is 1.78. The maximum atomic E-state index is 12.7. The molecule has 1 heterocycles. The van der Waals surface area contributed by atoms with E-state index in [0.29, 0.717) is 18.2 Å². The van der Waals surface area contributed by atoms with Gasteiger partial charge in [-0.3, -0.25) is 4.79 Å². The lowest BCUT2D eigenvalue weighted by molar-refractivity contribution is -0.123. The average molecular weight is 290 g/mol. The number of carbonyl (C=O) groups is 1. The number of benzene rings is 1. The molecular weight excluding hydrogens is 275 g/mol. The first-order chi connectivity index (χ1) is 10.2. The molecule has 0 unspecified atom stereocenters. The summed E-state index contributed by atoms with van der Waals surface area (Å²) >= 11 is 0. The van der Waals surface area contributed by atoms with Crippen LogP contribution in [0.2, 0.25) is 0 Å². The number of hydrogen-bond donors (Lipinski definition) is 1. The molecule has 0 aliphatic rings. The number of carbonyl (C=O) groups excluding carboxylic acids is 1. The predicted octanol–water partition coefficient (Wildman–Crippen LogP) is 1.92. The van der Waals surface area contributed by atoms with Crippen LogP contribution in [0.3, 0.4) is 0 Å². The van der Waals surface area contributed by atoms with Gasteiger partial charge in [-0.25, -0.2) is 9.37 Å². The van der Waals surface area contributed by atoms with Gasteiger partial charge in [0.25, 0.3) is 5.91 Å². The summed E-state index contributed by atoms with van der Waals surface area (Å²) in [5.41, 5.74) is 0.872. The quantitative estimate of drug-likeness (QED) is 0.883. The fraction of sp³-hybridized carbons (Fsp3) is 0.200. The zero-order valence-electron chi connectivity index (χ0n) is 11.5. The number of methoxy groups -OCH3 is 1. The van der Waals surface area contributed by atoms with Crippen molar-refractivity contribution in [1.82, 2.24) is 10.3 Å². The van der Waals surface area contributed by atoms with Crippen LogP contribution in [-0.4, -0.2) is 24.6 Å². The van der Waals surface area contributed by atoms with Crippen molar-refractivity contribution in [2.45, 2.75) is 6.54 Å². The molecule has 0 bridgehead atoms. The van der Waals surface area contributed by atoms with Crippen molar-refractivity contribution in [3.8, 4) is 11.6 Å². The molecule has 0 saturated heterocycles. The van der Waals surface area contributed by atoms with Crippen LogP contribution >= 0.6 is 0 Å². The third-order valence-corrected chi connectivity index (χ3v) is 2.68. The molecule has 1 aromatic carbocycles. The van der Waals surface area contributed by atoms with E-state index < -0.39 is 0 Å². The average Bonchev–Trinajstić information content (AvgIpc) is 2.52. The van der Waals surface area contributed by atoms with Crippen LogP contribution < -0.4 is 14.8 Å². The molecule has 1 N–H and O–H groups in total. The minimum Gasteiger partial charge on any atom is -0.484 e. The van der Waals surface area contributed by atoms with Gasteiger partial charge in [0, 0.05) is 18.8 Å². The van der Waals surface area contributed by atoms with E-state index in [9.17, 15) is 9.18 Å². The van der Waals surface area contributed by atoms with Crippen LogP contribution in [0.1, 0.15) is 5.56 Å². The SMILES string of the molecule is COc1cc(CNC(=O)COc2ccc(F)cc2)ccn1. The molecule has 0 saturated carbocycles. The Labute approximate surface area is 121 Å². The van der Waals surface area contributed by atoms with Crippen molar-refractivity contribution >= 4 is 5.91 Å². The maximum Gasteiger partial charge on any atom is 0.258 e. The molecule has 1 aromatic heterocycles. The number of hydrogen-bond acceptors (Lipinski definition) is 4. The Bertz CT molecular complexity index is 602. The molecule has 5 nitrogen and oxygen atoms in total. The summed E-state index contributed by atoms with van der Waals surface area (Å²) < 4.78 is 22.9. The zero-order chi connectivity index (χ0) is 15.1. The second-order valence-corrected chi connectivity index (χ2v) is 4.23. The number of halogens is 1. The van der Waals surface area contributed by atoms with Gasteiger partial charge in [0.1, 0.15) is 11.6 Å². The van der Waals surface area contributed by atoms with Gasteiger partial charge in [0.05, 0.1) is 7.11 Å². The number of pyridine rings is 1. The highest BCUT2D eigenvalue weighted by Crippen LogP contribution is 2.11. The van der Waals surface area contributed by atoms with Crippen LogP contribution in [0.15, 0.2) is 42.6 Å². The first-order valence-corrected chi connectivity index (χ1v) is 6.31. The van der Waals surface area contributed by atoms with Crippen LogP contribution in [0, 0.1) is 5.82 Å². The van der Waals surface area contributed by atoms with Gasteiger partial charge < -0.3 is 14.8 Å². The Hall–Kier alpha value is -2.63. The van der Waals surface area contributed by atoms with E-state index in [2.05, 4.69) is 10.3 Å². The summed E-state index contributed by atoms with van der Waals surface area (Å²) in [4.78, 5) is 15.6. The lowest BCUT2D eigenvalue weighted by atomic mass is 10.2. The minimum absolute atomic E-state index is 0.131. The molecule has 2 rings (SSSR count). The van der Waals surface area contributed by atoms with Gasteiger partial charge in [0.2, 0.25) is 5.88 Å². The molecule has 2 aromatic rings. The van der Waals surface area contributed by atoms with Gasteiger partial charge >= 0.3 is 0 Å². The number of nitrogens with one attached hydrogen (secondary N) is 1. The lowest BCUT2D eigenvalue weighted by Gasteiger charge is -2.08. The Morgan fingerprint density at radius 3 is 2.76 bits per heavy atom. The number of nitrogens with zero attached hydrogens (tertiary/aromatic N) is 1. The number of ether oxygens (including phenoxy) is 2. The summed E-state index contributed by atoms with van der Waals surface area (Å²) in [5, 5.41) is 2.71. The second kappa shape index (κ2) is 7.23. The third kappa shape index (κ3) is 4.76. The van der Waals surface area contributed by atoms with Crippen molar-refractivity contribution < 1.29 is 18.7 Å². The number of amides is 1. The summed E-state index contributed by atoms with van der Waals surface area (Å²) in [6, 6.07) is 9.00. The molecule has 0 aliphatic carbocycles. The fourth-order valence-electron chi connectivity index (χ4n) is 1.60. The number of rotatable bonds is 6. The molecule has 0 radical (unpaired) electrons. The summed E-state index contributed by atoms with van der Waals surface area (Å²) in [5.74, 6) is 0.315. The van der Waals surface area contributed by atoms with Crippen molar-refractivity contribution in [2.24, 2.45) is 0 Å². The van der Waals surface area contributed by atoms with Gasteiger partial charge in [-0.05, 0) is 35.9 Å². The monoisotopic (exact) mass is 290 g/mol. The van der Waals surface area contributed by atoms with Gasteiger partial charge in [-0.1, -0.05) is 0 Å². The highest BCUT2D eigenvalue weighted by atomic mass is 19.1. The first kappa shape index (κ1) is 14.8. The summed E-state index contributed by atoms with van der Waals surface area (Å²) in [6.07, 6.45) is 1.61. The van der Waals surface area contributed by atoms with Crippen molar-refractivity contribution in [3.05, 3.63) is 54.0 Å². The number of aromatic nitrogens is 1. The molecule has 0 atom stereocenters. The molecule has 6 heteroatoms. The highest BCUT2D eigenvalue weighted by molar-refractivity contribution is 5.77. The Morgan fingerprint density at radius 1 is 1.29 bits per heavy atom. The van der Waals surface area contributed by atoms with E-state index in [1.54, 1.807) is 18.3 Å². The van der Waals surface area contributed by atoms with Crippen molar-refractivity contribution in [1.29, 1.82) is 0 Å². The van der Waals surface area contributed by atoms with Crippen LogP contribution in [-0.2, 0) is 11.3 Å². The van der Waals surface area contributed by atoms with E-state index in [4.69, 9.17) is 9.47 Å². The molecule has 0 aliphatic heterocycles. The first-order valence-electron chi connectivity index (χ1n) is 6.31. The van der Waals surface area contributed by atoms with E-state index in [1.807, 2.05) is 0 Å². The maximum absolute atomic E-state index is 12.7. The van der Waals surface area contributed by atoms with Gasteiger partial charge in [0.15, 0.2) is 6.61 Å². The van der Waals surface area contributed by atoms with E-state index in [-0.39, 0.29) is 18.3 Å². The largest absolute Gasteiger partial charge is 0.484 e. The minimum atomic E-state index is -0.349. The topological polar surface area (TPSA) is 60.5 Å². The predicted molar refractivity (Wildman–Crippen MR) is 74.5 cm³/mol. The molecule has 110 valence electrons.